The number of aliphatic imine (C=N–C) groups is 1. The van der Waals surface area contributed by atoms with Crippen LogP contribution in [0.25, 0.3) is 0 Å². The topological polar surface area (TPSA) is 99.8 Å². The van der Waals surface area contributed by atoms with Crippen LogP contribution < -0.4 is 10.2 Å². The van der Waals surface area contributed by atoms with E-state index in [1.54, 1.807) is 0 Å². The number of halogens is 5. The Kier molecular flexibility index (Phi) is 7.74. The first-order chi connectivity index (χ1) is 14.9. The highest BCUT2D eigenvalue weighted by Crippen LogP contribution is 2.21. The third-order valence-corrected chi connectivity index (χ3v) is 3.66. The zero-order valence-corrected chi connectivity index (χ0v) is 16.9. The normalized spacial score (nSPS) is 14.2. The zero-order chi connectivity index (χ0) is 23.9. The molecule has 0 atom stereocenters. The van der Waals surface area contributed by atoms with Gasteiger partial charge in [0.05, 0.1) is 5.56 Å². The first kappa shape index (κ1) is 24.6. The fourth-order valence-corrected chi connectivity index (χ4v) is 2.17. The molecule has 1 aliphatic heterocycles. The average Bonchev–Trinajstić information content (AvgIpc) is 2.91. The summed E-state index contributed by atoms with van der Waals surface area (Å²) in [7, 11) is 1.37. The van der Waals surface area contributed by atoms with Crippen molar-refractivity contribution in [3.63, 3.8) is 0 Å². The van der Waals surface area contributed by atoms with Crippen molar-refractivity contribution in [2.75, 3.05) is 25.2 Å². The maximum absolute atomic E-state index is 13.1. The fourth-order valence-electron chi connectivity index (χ4n) is 2.17. The molecule has 0 saturated heterocycles. The van der Waals surface area contributed by atoms with Crippen LogP contribution in [-0.4, -0.2) is 49.2 Å². The summed E-state index contributed by atoms with van der Waals surface area (Å²) in [6.45, 7) is -2.11. The summed E-state index contributed by atoms with van der Waals surface area (Å²) in [6.07, 6.45) is -1.44. The summed E-state index contributed by atoms with van der Waals surface area (Å²) in [5.74, 6) is -3.91. The number of hydrogen-bond acceptors (Lipinski definition) is 6. The molecular weight excluding hydrogens is 441 g/mol. The molecule has 0 spiro atoms. The number of urea groups is 1. The maximum Gasteiger partial charge on any atom is 0.422 e. The number of nitrogens with one attached hydrogen (secondary N) is 1. The molecule has 1 aromatic rings. The Morgan fingerprint density at radius 2 is 1.97 bits per heavy atom. The standard InChI is InChI=1S/C19H18F5N5O3/c1-18(20,21)10-32-16-7-13(31-11-19(22,23)24)4-5-14(27-16)28-17(30)29(2)15-6-3-12(8-25)9-26-15/h3-4,6-7,9H,5,10-11H2,1-2H3,(H,27,28,30). The van der Waals surface area contributed by atoms with Gasteiger partial charge < -0.3 is 9.47 Å². The van der Waals surface area contributed by atoms with Crippen molar-refractivity contribution >= 4 is 17.7 Å². The Morgan fingerprint density at radius 3 is 2.53 bits per heavy atom. The number of carbonyl (C=O) groups excluding carboxylic acids is 1. The Balaban J connectivity index is 2.16. The molecule has 13 heteroatoms. The zero-order valence-electron chi connectivity index (χ0n) is 16.9. The van der Waals surface area contributed by atoms with E-state index in [4.69, 9.17) is 10.00 Å². The second-order valence-electron chi connectivity index (χ2n) is 6.62. The number of rotatable bonds is 6. The van der Waals surface area contributed by atoms with E-state index < -0.39 is 37.2 Å². The number of nitrogens with zero attached hydrogens (tertiary/aromatic N) is 4. The predicted octanol–water partition coefficient (Wildman–Crippen LogP) is 3.88. The van der Waals surface area contributed by atoms with Gasteiger partial charge in [-0.3, -0.25) is 10.2 Å². The molecule has 2 rings (SSSR count). The van der Waals surface area contributed by atoms with E-state index in [9.17, 15) is 26.7 Å². The molecule has 0 aromatic carbocycles. The summed E-state index contributed by atoms with van der Waals surface area (Å²) in [6, 6.07) is 4.03. The Bertz CT molecular complexity index is 960. The van der Waals surface area contributed by atoms with E-state index in [-0.39, 0.29) is 29.4 Å². The third-order valence-electron chi connectivity index (χ3n) is 3.66. The molecule has 1 aromatic heterocycles. The van der Waals surface area contributed by atoms with Crippen LogP contribution in [0.4, 0.5) is 32.6 Å². The molecule has 172 valence electrons. The number of allylic oxidation sites excluding steroid dienone is 1. The van der Waals surface area contributed by atoms with Crippen LogP contribution in [0.1, 0.15) is 18.9 Å². The molecule has 1 N–H and O–H groups in total. The third kappa shape index (κ3) is 8.21. The van der Waals surface area contributed by atoms with Gasteiger partial charge in [0.25, 0.3) is 5.92 Å². The number of pyridine rings is 1. The van der Waals surface area contributed by atoms with Gasteiger partial charge >= 0.3 is 12.2 Å². The summed E-state index contributed by atoms with van der Waals surface area (Å²) in [4.78, 5) is 21.4. The van der Waals surface area contributed by atoms with E-state index in [0.717, 1.165) is 11.0 Å². The van der Waals surface area contributed by atoms with E-state index in [2.05, 4.69) is 20.0 Å². The first-order valence-electron chi connectivity index (χ1n) is 8.97. The van der Waals surface area contributed by atoms with Gasteiger partial charge in [0, 0.05) is 32.7 Å². The number of amidine groups is 1. The predicted molar refractivity (Wildman–Crippen MR) is 103 cm³/mol. The molecule has 0 bridgehead atoms. The minimum atomic E-state index is -4.62. The molecule has 1 aliphatic rings. The maximum atomic E-state index is 13.1. The highest BCUT2D eigenvalue weighted by molar-refractivity contribution is 6.04. The van der Waals surface area contributed by atoms with Gasteiger partial charge in [-0.1, -0.05) is 0 Å². The van der Waals surface area contributed by atoms with Gasteiger partial charge in [-0.2, -0.15) is 23.4 Å². The first-order valence-corrected chi connectivity index (χ1v) is 8.97. The Labute approximate surface area is 179 Å². The molecule has 0 aliphatic carbocycles. The van der Waals surface area contributed by atoms with Crippen molar-refractivity contribution in [1.29, 1.82) is 5.26 Å². The smallest absolute Gasteiger partial charge is 0.422 e. The number of aromatic nitrogens is 1. The van der Waals surface area contributed by atoms with Gasteiger partial charge in [0.15, 0.2) is 13.2 Å². The fraction of sp³-hybridized carbons (Fsp3) is 0.368. The summed E-state index contributed by atoms with van der Waals surface area (Å²) < 4.78 is 73.1. The number of amides is 2. The van der Waals surface area contributed by atoms with E-state index in [0.29, 0.717) is 6.92 Å². The van der Waals surface area contributed by atoms with Crippen molar-refractivity contribution < 1.29 is 36.2 Å². The number of alkyl halides is 5. The van der Waals surface area contributed by atoms with Crippen LogP contribution in [-0.2, 0) is 9.47 Å². The van der Waals surface area contributed by atoms with Crippen molar-refractivity contribution in [3.05, 3.63) is 47.7 Å². The summed E-state index contributed by atoms with van der Waals surface area (Å²) in [5, 5.41) is 11.2. The Hall–Kier alpha value is -3.69. The number of nitriles is 1. The molecule has 2 heterocycles. The van der Waals surface area contributed by atoms with E-state index in [1.165, 1.54) is 31.5 Å². The molecule has 32 heavy (non-hydrogen) atoms. The SMILES string of the molecule is CN(C(=O)NC1=NC(OCC(C)(F)F)=CC(OCC(F)(F)F)=CC1)c1ccc(C#N)cn1. The van der Waals surface area contributed by atoms with Gasteiger partial charge in [0.2, 0.25) is 5.88 Å². The van der Waals surface area contributed by atoms with Crippen LogP contribution >= 0.6 is 0 Å². The van der Waals surface area contributed by atoms with Crippen LogP contribution in [0, 0.1) is 11.3 Å². The van der Waals surface area contributed by atoms with Crippen molar-refractivity contribution in [1.82, 2.24) is 10.3 Å². The monoisotopic (exact) mass is 459 g/mol. The number of hydrogen-bond donors (Lipinski definition) is 1. The van der Waals surface area contributed by atoms with Crippen molar-refractivity contribution in [2.24, 2.45) is 4.99 Å². The van der Waals surface area contributed by atoms with E-state index in [1.807, 2.05) is 6.07 Å². The molecule has 0 fully saturated rings. The average molecular weight is 459 g/mol. The van der Waals surface area contributed by atoms with Crippen molar-refractivity contribution in [2.45, 2.75) is 25.4 Å². The molecule has 0 saturated carbocycles. The number of ether oxygens (including phenoxy) is 2. The lowest BCUT2D eigenvalue weighted by Crippen LogP contribution is -2.41. The lowest BCUT2D eigenvalue weighted by Gasteiger charge is -2.17. The summed E-state index contributed by atoms with van der Waals surface area (Å²) in [5.41, 5.74) is 0.284. The highest BCUT2D eigenvalue weighted by atomic mass is 19.4. The minimum Gasteiger partial charge on any atom is -0.484 e. The second-order valence-corrected chi connectivity index (χ2v) is 6.62. The van der Waals surface area contributed by atoms with Gasteiger partial charge in [-0.15, -0.1) is 0 Å². The van der Waals surface area contributed by atoms with Gasteiger partial charge in [-0.05, 0) is 18.2 Å². The van der Waals surface area contributed by atoms with Gasteiger partial charge in [0.1, 0.15) is 23.5 Å². The molecule has 0 radical (unpaired) electrons. The lowest BCUT2D eigenvalue weighted by atomic mass is 10.3. The second kappa shape index (κ2) is 10.1. The minimum absolute atomic E-state index is 0.0910. The Morgan fingerprint density at radius 1 is 1.25 bits per heavy atom. The van der Waals surface area contributed by atoms with Crippen LogP contribution in [0.15, 0.2) is 47.1 Å². The molecule has 2 amide bonds. The molecule has 8 nitrogen and oxygen atoms in total. The number of carbonyl (C=O) groups is 1. The molecular formula is C19H18F5N5O3. The van der Waals surface area contributed by atoms with Gasteiger partial charge in [-0.25, -0.2) is 18.6 Å². The largest absolute Gasteiger partial charge is 0.484 e. The van der Waals surface area contributed by atoms with Crippen LogP contribution in [0.2, 0.25) is 0 Å². The van der Waals surface area contributed by atoms with Crippen molar-refractivity contribution in [3.8, 4) is 6.07 Å². The summed E-state index contributed by atoms with van der Waals surface area (Å²) >= 11 is 0. The van der Waals surface area contributed by atoms with Crippen LogP contribution in [0.5, 0.6) is 0 Å². The number of anilines is 1. The van der Waals surface area contributed by atoms with E-state index >= 15 is 0 Å². The highest BCUT2D eigenvalue weighted by Gasteiger charge is 2.29. The molecule has 0 unspecified atom stereocenters. The van der Waals surface area contributed by atoms with Crippen LogP contribution in [0.3, 0.4) is 0 Å². The quantitative estimate of drug-likeness (QED) is 0.651. The lowest BCUT2D eigenvalue weighted by molar-refractivity contribution is -0.163.